The number of rotatable bonds is 5. The summed E-state index contributed by atoms with van der Waals surface area (Å²) >= 11 is 0. The molecule has 4 aliphatic carbocycles. The summed E-state index contributed by atoms with van der Waals surface area (Å²) in [6, 6.07) is 0. The highest BCUT2D eigenvalue weighted by Crippen LogP contribution is 2.43. The Labute approximate surface area is 166 Å². The summed E-state index contributed by atoms with van der Waals surface area (Å²) in [6.45, 7) is 2.37. The van der Waals surface area contributed by atoms with Gasteiger partial charge in [0.15, 0.2) is 0 Å². The van der Waals surface area contributed by atoms with Gasteiger partial charge in [0, 0.05) is 0 Å². The number of nitrogens with two attached hydrogens (primary N) is 1. The van der Waals surface area contributed by atoms with Crippen LogP contribution in [0, 0.1) is 35.5 Å². The van der Waals surface area contributed by atoms with Crippen molar-refractivity contribution in [2.24, 2.45) is 41.2 Å². The first-order valence-electron chi connectivity index (χ1n) is 11.7. The molecule has 27 heavy (non-hydrogen) atoms. The quantitative estimate of drug-likeness (QED) is 0.490. The average Bonchev–Trinajstić information content (AvgIpc) is 2.70. The van der Waals surface area contributed by atoms with E-state index < -0.39 is 0 Å². The molecule has 0 aliphatic heterocycles. The SMILES string of the molecule is CNC(NC(N)C1=CCC2CCCCC2C1)C1CCC2C=CC(C)CC2C1. The zero-order valence-corrected chi connectivity index (χ0v) is 17.5. The summed E-state index contributed by atoms with van der Waals surface area (Å²) in [5.41, 5.74) is 8.15. The zero-order valence-electron chi connectivity index (χ0n) is 17.5. The van der Waals surface area contributed by atoms with E-state index in [4.69, 9.17) is 5.73 Å². The van der Waals surface area contributed by atoms with Gasteiger partial charge in [0.1, 0.15) is 0 Å². The Kier molecular flexibility index (Phi) is 6.41. The van der Waals surface area contributed by atoms with Gasteiger partial charge in [-0.25, -0.2) is 0 Å². The van der Waals surface area contributed by atoms with Crippen LogP contribution >= 0.6 is 0 Å². The van der Waals surface area contributed by atoms with Crippen molar-refractivity contribution in [1.82, 2.24) is 10.6 Å². The molecule has 0 heterocycles. The fraction of sp³-hybridized carbons (Fsp3) is 0.833. The molecule has 0 aromatic carbocycles. The summed E-state index contributed by atoms with van der Waals surface area (Å²) in [6.07, 6.45) is 21.4. The van der Waals surface area contributed by atoms with Crippen molar-refractivity contribution in [1.29, 1.82) is 0 Å². The lowest BCUT2D eigenvalue weighted by Crippen LogP contribution is -2.55. The van der Waals surface area contributed by atoms with Gasteiger partial charge in [-0.3, -0.25) is 5.32 Å². The Balaban J connectivity index is 1.34. The fourth-order valence-corrected chi connectivity index (χ4v) is 6.60. The van der Waals surface area contributed by atoms with E-state index in [-0.39, 0.29) is 6.17 Å². The predicted octanol–water partition coefficient (Wildman–Crippen LogP) is 4.56. The molecule has 0 amide bonds. The topological polar surface area (TPSA) is 50.1 Å². The molecule has 4 rings (SSSR count). The molecular formula is C24H41N3. The Bertz CT molecular complexity index is 554. The zero-order chi connectivity index (χ0) is 18.8. The highest BCUT2D eigenvalue weighted by molar-refractivity contribution is 5.15. The van der Waals surface area contributed by atoms with Crippen LogP contribution in [0.2, 0.25) is 0 Å². The minimum absolute atomic E-state index is 0.0215. The number of allylic oxidation sites excluding steroid dienone is 3. The molecule has 8 unspecified atom stereocenters. The van der Waals surface area contributed by atoms with Crippen molar-refractivity contribution in [3.05, 3.63) is 23.8 Å². The standard InChI is InChI=1S/C24H41N3/c1-16-7-8-18-10-12-21(15-22(18)13-16)24(26-2)27-23(25)20-11-9-17-5-3-4-6-19(17)14-20/h7-8,11,16-19,21-24,26-27H,3-6,9-10,12-15,25H2,1-2H3. The van der Waals surface area contributed by atoms with Crippen LogP contribution in [0.15, 0.2) is 23.8 Å². The molecule has 4 aliphatic rings. The van der Waals surface area contributed by atoms with E-state index in [2.05, 4.69) is 42.8 Å². The number of hydrogen-bond acceptors (Lipinski definition) is 3. The minimum atomic E-state index is 0.0215. The largest absolute Gasteiger partial charge is 0.312 e. The Morgan fingerprint density at radius 2 is 1.81 bits per heavy atom. The molecule has 2 fully saturated rings. The highest BCUT2D eigenvalue weighted by atomic mass is 15.2. The van der Waals surface area contributed by atoms with Gasteiger partial charge in [0.25, 0.3) is 0 Å². The summed E-state index contributed by atoms with van der Waals surface area (Å²) in [5, 5.41) is 7.36. The molecule has 0 saturated heterocycles. The van der Waals surface area contributed by atoms with Crippen LogP contribution in [-0.2, 0) is 0 Å². The van der Waals surface area contributed by atoms with Gasteiger partial charge in [-0.05, 0) is 99.5 Å². The molecule has 8 atom stereocenters. The first kappa shape index (κ1) is 19.7. The highest BCUT2D eigenvalue weighted by Gasteiger charge is 2.36. The summed E-state index contributed by atoms with van der Waals surface area (Å²) in [7, 11) is 2.10. The van der Waals surface area contributed by atoms with Crippen LogP contribution < -0.4 is 16.4 Å². The van der Waals surface area contributed by atoms with Crippen molar-refractivity contribution in [3.63, 3.8) is 0 Å². The van der Waals surface area contributed by atoms with Crippen LogP contribution in [0.4, 0.5) is 0 Å². The van der Waals surface area contributed by atoms with Crippen LogP contribution in [0.3, 0.4) is 0 Å². The van der Waals surface area contributed by atoms with Gasteiger partial charge in [-0.15, -0.1) is 0 Å². The second kappa shape index (κ2) is 8.80. The Morgan fingerprint density at radius 3 is 2.63 bits per heavy atom. The van der Waals surface area contributed by atoms with Crippen LogP contribution in [0.1, 0.15) is 71.1 Å². The molecule has 152 valence electrons. The monoisotopic (exact) mass is 371 g/mol. The van der Waals surface area contributed by atoms with Crippen molar-refractivity contribution >= 4 is 0 Å². The van der Waals surface area contributed by atoms with E-state index in [0.717, 1.165) is 29.6 Å². The van der Waals surface area contributed by atoms with Crippen molar-refractivity contribution in [2.45, 2.75) is 83.5 Å². The molecule has 0 spiro atoms. The normalized spacial score (nSPS) is 41.2. The van der Waals surface area contributed by atoms with E-state index >= 15 is 0 Å². The second-order valence-corrected chi connectivity index (χ2v) is 10.0. The van der Waals surface area contributed by atoms with Gasteiger partial charge in [-0.1, -0.05) is 38.0 Å². The summed E-state index contributed by atoms with van der Waals surface area (Å²) in [4.78, 5) is 0. The van der Waals surface area contributed by atoms with Crippen LogP contribution in [0.5, 0.6) is 0 Å². The minimum Gasteiger partial charge on any atom is -0.312 e. The van der Waals surface area contributed by atoms with E-state index in [0.29, 0.717) is 12.1 Å². The van der Waals surface area contributed by atoms with Crippen LogP contribution in [0.25, 0.3) is 0 Å². The van der Waals surface area contributed by atoms with E-state index in [1.165, 1.54) is 69.8 Å². The number of hydrogen-bond donors (Lipinski definition) is 3. The third-order valence-corrected chi connectivity index (χ3v) is 8.23. The molecule has 4 N–H and O–H groups in total. The first-order valence-corrected chi connectivity index (χ1v) is 11.7. The molecule has 3 heteroatoms. The lowest BCUT2D eigenvalue weighted by Gasteiger charge is -2.42. The second-order valence-electron chi connectivity index (χ2n) is 10.0. The average molecular weight is 372 g/mol. The predicted molar refractivity (Wildman–Crippen MR) is 114 cm³/mol. The van der Waals surface area contributed by atoms with Gasteiger partial charge in [0.2, 0.25) is 0 Å². The third-order valence-electron chi connectivity index (χ3n) is 8.23. The van der Waals surface area contributed by atoms with Gasteiger partial charge < -0.3 is 11.1 Å². The maximum absolute atomic E-state index is 6.68. The van der Waals surface area contributed by atoms with Gasteiger partial charge >= 0.3 is 0 Å². The maximum Gasteiger partial charge on any atom is 0.0781 e. The van der Waals surface area contributed by atoms with E-state index in [1.54, 1.807) is 0 Å². The smallest absolute Gasteiger partial charge is 0.0781 e. The molecule has 0 aromatic heterocycles. The molecule has 2 saturated carbocycles. The first-order chi connectivity index (χ1) is 13.1. The maximum atomic E-state index is 6.68. The lowest BCUT2D eigenvalue weighted by molar-refractivity contribution is 0.136. The number of nitrogens with one attached hydrogen (secondary N) is 2. The Hall–Kier alpha value is -0.640. The van der Waals surface area contributed by atoms with Crippen molar-refractivity contribution < 1.29 is 0 Å². The van der Waals surface area contributed by atoms with Gasteiger partial charge in [-0.2, -0.15) is 0 Å². The molecule has 0 bridgehead atoms. The molecule has 3 nitrogen and oxygen atoms in total. The fourth-order valence-electron chi connectivity index (χ4n) is 6.60. The van der Waals surface area contributed by atoms with E-state index in [9.17, 15) is 0 Å². The Morgan fingerprint density at radius 1 is 1.00 bits per heavy atom. The molecular weight excluding hydrogens is 330 g/mol. The van der Waals surface area contributed by atoms with Crippen LogP contribution in [-0.4, -0.2) is 19.4 Å². The van der Waals surface area contributed by atoms with Crippen molar-refractivity contribution in [2.75, 3.05) is 7.05 Å². The lowest BCUT2D eigenvalue weighted by atomic mass is 9.67. The third kappa shape index (κ3) is 4.52. The summed E-state index contributed by atoms with van der Waals surface area (Å²) in [5.74, 6) is 4.98. The number of fused-ring (bicyclic) bond motifs is 2. The van der Waals surface area contributed by atoms with Gasteiger partial charge in [0.05, 0.1) is 12.3 Å². The van der Waals surface area contributed by atoms with Crippen molar-refractivity contribution in [3.8, 4) is 0 Å². The molecule has 0 radical (unpaired) electrons. The van der Waals surface area contributed by atoms with E-state index in [1.807, 2.05) is 0 Å². The molecule has 0 aromatic rings. The summed E-state index contributed by atoms with van der Waals surface area (Å²) < 4.78 is 0.